The minimum absolute atomic E-state index is 0.0338. The van der Waals surface area contributed by atoms with Crippen LogP contribution in [0.5, 0.6) is 5.75 Å². The standard InChI is InChI=1S/C17H21BrClNO4/c1-11(24-15-6-5-12(19)10-13(15)18)16(21)20-7-3-2-4-14(20)17-22-8-9-23-17/h5-6,10-11,14,17H,2-4,7-9H2,1H3. The summed E-state index contributed by atoms with van der Waals surface area (Å²) in [7, 11) is 0. The molecule has 5 nitrogen and oxygen atoms in total. The van der Waals surface area contributed by atoms with Gasteiger partial charge in [0.05, 0.1) is 23.7 Å². The van der Waals surface area contributed by atoms with Crippen LogP contribution in [0.2, 0.25) is 5.02 Å². The van der Waals surface area contributed by atoms with E-state index in [0.29, 0.717) is 30.5 Å². The molecule has 1 aromatic rings. The fourth-order valence-electron chi connectivity index (χ4n) is 3.16. The van der Waals surface area contributed by atoms with E-state index in [-0.39, 0.29) is 18.2 Å². The van der Waals surface area contributed by atoms with E-state index in [0.717, 1.165) is 23.7 Å². The van der Waals surface area contributed by atoms with Gasteiger partial charge in [-0.05, 0) is 60.3 Å². The van der Waals surface area contributed by atoms with E-state index in [2.05, 4.69) is 15.9 Å². The highest BCUT2D eigenvalue weighted by Crippen LogP contribution is 2.30. The van der Waals surface area contributed by atoms with Crippen LogP contribution in [-0.4, -0.2) is 49.0 Å². The van der Waals surface area contributed by atoms with Crippen LogP contribution < -0.4 is 4.74 Å². The Morgan fingerprint density at radius 2 is 2.12 bits per heavy atom. The number of hydrogen-bond donors (Lipinski definition) is 0. The molecule has 1 amide bonds. The molecule has 0 radical (unpaired) electrons. The van der Waals surface area contributed by atoms with Crippen molar-refractivity contribution in [2.75, 3.05) is 19.8 Å². The lowest BCUT2D eigenvalue weighted by molar-refractivity contribution is -0.156. The molecule has 0 aromatic heterocycles. The largest absolute Gasteiger partial charge is 0.480 e. The van der Waals surface area contributed by atoms with Gasteiger partial charge in [0.2, 0.25) is 0 Å². The van der Waals surface area contributed by atoms with Crippen LogP contribution in [0, 0.1) is 0 Å². The zero-order chi connectivity index (χ0) is 17.1. The summed E-state index contributed by atoms with van der Waals surface area (Å²) >= 11 is 9.35. The van der Waals surface area contributed by atoms with Crippen LogP contribution in [0.3, 0.4) is 0 Å². The van der Waals surface area contributed by atoms with Crippen molar-refractivity contribution in [2.24, 2.45) is 0 Å². The maximum atomic E-state index is 12.9. The SMILES string of the molecule is CC(Oc1ccc(Cl)cc1Br)C(=O)N1CCCCC1C1OCCO1. The van der Waals surface area contributed by atoms with Crippen molar-refractivity contribution in [3.8, 4) is 5.75 Å². The highest BCUT2D eigenvalue weighted by Gasteiger charge is 2.38. The highest BCUT2D eigenvalue weighted by molar-refractivity contribution is 9.10. The Balaban J connectivity index is 1.68. The van der Waals surface area contributed by atoms with Crippen molar-refractivity contribution in [3.63, 3.8) is 0 Å². The van der Waals surface area contributed by atoms with Gasteiger partial charge in [-0.3, -0.25) is 4.79 Å². The maximum absolute atomic E-state index is 12.9. The number of halogens is 2. The molecular weight excluding hydrogens is 398 g/mol. The first-order valence-corrected chi connectivity index (χ1v) is 9.39. The predicted octanol–water partition coefficient (Wildman–Crippen LogP) is 3.62. The first kappa shape index (κ1) is 18.0. The van der Waals surface area contributed by atoms with Crippen molar-refractivity contribution < 1.29 is 19.0 Å². The molecule has 0 N–H and O–H groups in total. The molecule has 2 saturated heterocycles. The molecule has 0 saturated carbocycles. The zero-order valence-electron chi connectivity index (χ0n) is 13.5. The van der Waals surface area contributed by atoms with Crippen LogP contribution in [0.4, 0.5) is 0 Å². The van der Waals surface area contributed by atoms with Gasteiger partial charge in [-0.1, -0.05) is 11.6 Å². The molecule has 2 unspecified atom stereocenters. The molecule has 2 aliphatic rings. The molecule has 3 rings (SSSR count). The third kappa shape index (κ3) is 4.04. The van der Waals surface area contributed by atoms with Gasteiger partial charge >= 0.3 is 0 Å². The van der Waals surface area contributed by atoms with Crippen molar-refractivity contribution in [3.05, 3.63) is 27.7 Å². The number of piperidine rings is 1. The monoisotopic (exact) mass is 417 g/mol. The second kappa shape index (κ2) is 8.04. The number of likely N-dealkylation sites (tertiary alicyclic amines) is 1. The summed E-state index contributed by atoms with van der Waals surface area (Å²) < 4.78 is 17.8. The number of nitrogens with zero attached hydrogens (tertiary/aromatic N) is 1. The normalized spacial score (nSPS) is 23.3. The number of amides is 1. The molecule has 0 bridgehead atoms. The van der Waals surface area contributed by atoms with Gasteiger partial charge in [0.25, 0.3) is 5.91 Å². The molecule has 2 fully saturated rings. The first-order chi connectivity index (χ1) is 11.6. The van der Waals surface area contributed by atoms with Crippen LogP contribution >= 0.6 is 27.5 Å². The first-order valence-electron chi connectivity index (χ1n) is 8.21. The Morgan fingerprint density at radius 3 is 2.83 bits per heavy atom. The van der Waals surface area contributed by atoms with Gasteiger partial charge in [-0.2, -0.15) is 0 Å². The van der Waals surface area contributed by atoms with Crippen LogP contribution in [0.15, 0.2) is 22.7 Å². The quantitative estimate of drug-likeness (QED) is 0.749. The van der Waals surface area contributed by atoms with Crippen LogP contribution in [0.25, 0.3) is 0 Å². The van der Waals surface area contributed by atoms with E-state index in [1.54, 1.807) is 25.1 Å². The van der Waals surface area contributed by atoms with E-state index < -0.39 is 6.10 Å². The molecule has 24 heavy (non-hydrogen) atoms. The molecular formula is C17H21BrClNO4. The summed E-state index contributed by atoms with van der Waals surface area (Å²) in [6, 6.07) is 5.21. The highest BCUT2D eigenvalue weighted by atomic mass is 79.9. The van der Waals surface area contributed by atoms with Gasteiger partial charge in [0.15, 0.2) is 12.4 Å². The van der Waals surface area contributed by atoms with Gasteiger partial charge in [0.1, 0.15) is 5.75 Å². The summed E-state index contributed by atoms with van der Waals surface area (Å²) in [5, 5.41) is 0.611. The number of benzene rings is 1. The third-order valence-corrected chi connectivity index (χ3v) is 5.19. The van der Waals surface area contributed by atoms with Gasteiger partial charge in [-0.25, -0.2) is 0 Å². The molecule has 7 heteroatoms. The molecule has 2 heterocycles. The number of rotatable bonds is 4. The summed E-state index contributed by atoms with van der Waals surface area (Å²) in [5.74, 6) is 0.558. The Kier molecular flexibility index (Phi) is 6.02. The van der Waals surface area contributed by atoms with Crippen molar-refractivity contribution in [1.82, 2.24) is 4.90 Å². The second-order valence-electron chi connectivity index (χ2n) is 6.04. The van der Waals surface area contributed by atoms with E-state index >= 15 is 0 Å². The second-order valence-corrected chi connectivity index (χ2v) is 7.33. The lowest BCUT2D eigenvalue weighted by Crippen LogP contribution is -2.53. The molecule has 1 aromatic carbocycles. The van der Waals surface area contributed by atoms with Crippen molar-refractivity contribution in [2.45, 2.75) is 44.6 Å². The van der Waals surface area contributed by atoms with E-state index in [4.69, 9.17) is 25.8 Å². The minimum atomic E-state index is -0.593. The fourth-order valence-corrected chi connectivity index (χ4v) is 3.93. The summed E-state index contributed by atoms with van der Waals surface area (Å²) in [6.07, 6.45) is 2.06. The average molecular weight is 419 g/mol. The Hall–Kier alpha value is -0.820. The molecule has 0 aliphatic carbocycles. The fraction of sp³-hybridized carbons (Fsp3) is 0.588. The van der Waals surface area contributed by atoms with Gasteiger partial charge in [-0.15, -0.1) is 0 Å². The smallest absolute Gasteiger partial charge is 0.263 e. The number of carbonyl (C=O) groups is 1. The Bertz CT molecular complexity index is 594. The summed E-state index contributed by atoms with van der Waals surface area (Å²) in [4.78, 5) is 14.8. The molecule has 2 atom stereocenters. The Labute approximate surface area is 155 Å². The third-order valence-electron chi connectivity index (χ3n) is 4.34. The van der Waals surface area contributed by atoms with Gasteiger partial charge in [0, 0.05) is 11.6 Å². The number of carbonyl (C=O) groups excluding carboxylic acids is 1. The van der Waals surface area contributed by atoms with E-state index in [1.165, 1.54) is 0 Å². The summed E-state index contributed by atoms with van der Waals surface area (Å²) in [6.45, 7) is 3.66. The summed E-state index contributed by atoms with van der Waals surface area (Å²) in [5.41, 5.74) is 0. The predicted molar refractivity (Wildman–Crippen MR) is 94.3 cm³/mol. The lowest BCUT2D eigenvalue weighted by atomic mass is 10.0. The van der Waals surface area contributed by atoms with Crippen molar-refractivity contribution in [1.29, 1.82) is 0 Å². The van der Waals surface area contributed by atoms with E-state index in [1.807, 2.05) is 4.90 Å². The topological polar surface area (TPSA) is 48.0 Å². The maximum Gasteiger partial charge on any atom is 0.263 e. The molecule has 2 aliphatic heterocycles. The number of ether oxygens (including phenoxy) is 3. The minimum Gasteiger partial charge on any atom is -0.480 e. The molecule has 0 spiro atoms. The zero-order valence-corrected chi connectivity index (χ0v) is 15.9. The van der Waals surface area contributed by atoms with Gasteiger partial charge < -0.3 is 19.1 Å². The van der Waals surface area contributed by atoms with Crippen LogP contribution in [0.1, 0.15) is 26.2 Å². The Morgan fingerprint density at radius 1 is 1.38 bits per heavy atom. The lowest BCUT2D eigenvalue weighted by Gasteiger charge is -2.39. The van der Waals surface area contributed by atoms with Crippen LogP contribution in [-0.2, 0) is 14.3 Å². The average Bonchev–Trinajstić information content (AvgIpc) is 3.11. The number of hydrogen-bond acceptors (Lipinski definition) is 4. The van der Waals surface area contributed by atoms with E-state index in [9.17, 15) is 4.79 Å². The molecule has 132 valence electrons. The van der Waals surface area contributed by atoms with Crippen molar-refractivity contribution >= 4 is 33.4 Å².